The van der Waals surface area contributed by atoms with Crippen LogP contribution in [0.5, 0.6) is 5.75 Å². The monoisotopic (exact) mass is 485 g/mol. The number of nitrogens with one attached hydrogen (secondary N) is 2. The number of aromatic nitrogens is 2. The van der Waals surface area contributed by atoms with E-state index in [4.69, 9.17) is 4.74 Å². The maximum absolute atomic E-state index is 9.63. The molecule has 4 rings (SSSR count). The van der Waals surface area contributed by atoms with Crippen LogP contribution in [0.4, 0.5) is 0 Å². The van der Waals surface area contributed by atoms with Crippen LogP contribution in [-0.4, -0.2) is 28.2 Å². The van der Waals surface area contributed by atoms with Gasteiger partial charge in [0.1, 0.15) is 22.7 Å². The topological polar surface area (TPSA) is 86.1 Å². The third kappa shape index (κ3) is 5.84. The number of fused-ring (bicyclic) bond motifs is 1. The van der Waals surface area contributed by atoms with Crippen molar-refractivity contribution < 1.29 is 4.74 Å². The predicted octanol–water partition coefficient (Wildman–Crippen LogP) is 6.02. The lowest BCUT2D eigenvalue weighted by Crippen LogP contribution is -2.25. The summed E-state index contributed by atoms with van der Waals surface area (Å²) in [6.07, 6.45) is 6.88. The summed E-state index contributed by atoms with van der Waals surface area (Å²) in [5.41, 5.74) is 5.24. The van der Waals surface area contributed by atoms with Crippen molar-refractivity contribution in [3.63, 3.8) is 0 Å². The van der Waals surface area contributed by atoms with Gasteiger partial charge in [-0.15, -0.1) is 0 Å². The fourth-order valence-corrected chi connectivity index (χ4v) is 5.32. The van der Waals surface area contributed by atoms with Crippen LogP contribution < -0.4 is 10.1 Å². The van der Waals surface area contributed by atoms with Crippen molar-refractivity contribution in [2.24, 2.45) is 4.99 Å². The van der Waals surface area contributed by atoms with Crippen LogP contribution in [0.3, 0.4) is 0 Å². The molecule has 2 N–H and O–H groups in total. The largest absolute Gasteiger partial charge is 0.490 e. The summed E-state index contributed by atoms with van der Waals surface area (Å²) in [5, 5.41) is 14.1. The number of H-pyrrole nitrogens is 1. The minimum absolute atomic E-state index is 0.00284. The molecule has 1 aliphatic rings. The molecule has 0 amide bonds. The smallest absolute Gasteiger partial charge is 0.137 e. The van der Waals surface area contributed by atoms with E-state index >= 15 is 0 Å². The number of benzene rings is 2. The van der Waals surface area contributed by atoms with Crippen molar-refractivity contribution in [2.45, 2.75) is 51.8 Å². The summed E-state index contributed by atoms with van der Waals surface area (Å²) < 4.78 is 5.77. The molecular weight excluding hydrogens is 454 g/mol. The lowest BCUT2D eigenvalue weighted by Gasteiger charge is -2.28. The van der Waals surface area contributed by atoms with E-state index < -0.39 is 0 Å². The van der Waals surface area contributed by atoms with Gasteiger partial charge in [-0.2, -0.15) is 5.26 Å². The van der Waals surface area contributed by atoms with E-state index in [2.05, 4.69) is 51.1 Å². The number of nitrogens with zero attached hydrogens (tertiary/aromatic N) is 3. The zero-order chi connectivity index (χ0) is 24.8. The van der Waals surface area contributed by atoms with Gasteiger partial charge in [0.05, 0.1) is 18.2 Å². The van der Waals surface area contributed by atoms with Gasteiger partial charge in [0, 0.05) is 36.0 Å². The predicted molar refractivity (Wildman–Crippen MR) is 144 cm³/mol. The molecule has 1 aliphatic carbocycles. The number of aliphatic imine (C=N–C) groups is 1. The molecule has 3 aromatic rings. The quantitative estimate of drug-likeness (QED) is 0.301. The summed E-state index contributed by atoms with van der Waals surface area (Å²) in [6.45, 7) is 9.02. The lowest BCUT2D eigenvalue weighted by molar-refractivity contribution is 0.241. The van der Waals surface area contributed by atoms with E-state index in [1.807, 2.05) is 38.2 Å². The Morgan fingerprint density at radius 3 is 2.94 bits per heavy atom. The van der Waals surface area contributed by atoms with E-state index in [0.717, 1.165) is 40.6 Å². The summed E-state index contributed by atoms with van der Waals surface area (Å²) in [4.78, 5) is 13.0. The Kier molecular flexibility index (Phi) is 8.06. The molecule has 0 radical (unpaired) electrons. The number of thioether (sulfide) groups is 1. The van der Waals surface area contributed by atoms with Gasteiger partial charge in [-0.25, -0.2) is 4.98 Å². The average molecular weight is 486 g/mol. The van der Waals surface area contributed by atoms with Gasteiger partial charge in [-0.05, 0) is 68.0 Å². The highest BCUT2D eigenvalue weighted by molar-refractivity contribution is 8.22. The highest BCUT2D eigenvalue weighted by Crippen LogP contribution is 2.38. The molecule has 7 heteroatoms. The van der Waals surface area contributed by atoms with Crippen molar-refractivity contribution in [3.8, 4) is 11.8 Å². The number of nitriles is 1. The number of hydrogen-bond donors (Lipinski definition) is 2. The molecule has 180 valence electrons. The third-order valence-electron chi connectivity index (χ3n) is 6.01. The van der Waals surface area contributed by atoms with Crippen LogP contribution in [0.1, 0.15) is 66.4 Å². The fourth-order valence-electron chi connectivity index (χ4n) is 4.45. The summed E-state index contributed by atoms with van der Waals surface area (Å²) in [7, 11) is 1.77. The van der Waals surface area contributed by atoms with Crippen LogP contribution in [0.2, 0.25) is 0 Å². The van der Waals surface area contributed by atoms with Gasteiger partial charge in [0.25, 0.3) is 0 Å². The minimum Gasteiger partial charge on any atom is -0.490 e. The zero-order valence-electron chi connectivity index (χ0n) is 20.5. The minimum atomic E-state index is 0.00284. The van der Waals surface area contributed by atoms with Gasteiger partial charge >= 0.3 is 0 Å². The molecule has 0 fully saturated rings. The maximum Gasteiger partial charge on any atom is 0.137 e. The molecule has 1 heterocycles. The van der Waals surface area contributed by atoms with E-state index in [9.17, 15) is 5.26 Å². The molecule has 35 heavy (non-hydrogen) atoms. The lowest BCUT2D eigenvalue weighted by atomic mass is 9.84. The molecule has 0 saturated carbocycles. The van der Waals surface area contributed by atoms with Crippen LogP contribution in [0.15, 0.2) is 60.4 Å². The highest BCUT2D eigenvalue weighted by Gasteiger charge is 2.23. The van der Waals surface area contributed by atoms with Gasteiger partial charge in [-0.3, -0.25) is 4.99 Å². The Hall–Kier alpha value is -3.34. The normalized spacial score (nSPS) is 15.5. The summed E-state index contributed by atoms with van der Waals surface area (Å²) in [5.74, 6) is 1.54. The standard InChI is InChI=1S/C28H31N5OS/c1-18(2)34-26-12-11-20(15-21(26)16-29)28(30-4)35-19(3)22-7-5-9-24-23(22)8-6-10-25(24)33-17-27-31-13-14-32-27/h5,7,9,11-15,18,25,33H,3,6,8,10,17H2,1-2,4H3,(H,31,32). The van der Waals surface area contributed by atoms with E-state index in [1.54, 1.807) is 25.0 Å². The Labute approximate surface area is 211 Å². The first-order chi connectivity index (χ1) is 17.0. The van der Waals surface area contributed by atoms with E-state index in [1.165, 1.54) is 16.7 Å². The Balaban J connectivity index is 1.54. The highest BCUT2D eigenvalue weighted by atomic mass is 32.2. The number of rotatable bonds is 8. The molecule has 2 aromatic carbocycles. The summed E-state index contributed by atoms with van der Waals surface area (Å²) >= 11 is 1.55. The van der Waals surface area contributed by atoms with Gasteiger partial charge in [0.15, 0.2) is 0 Å². The molecule has 6 nitrogen and oxygen atoms in total. The van der Waals surface area contributed by atoms with Crippen molar-refractivity contribution in [1.82, 2.24) is 15.3 Å². The second-order valence-electron chi connectivity index (χ2n) is 8.78. The first kappa shape index (κ1) is 24.8. The molecular formula is C28H31N5OS. The SMILES string of the molecule is C=C(SC(=NC)c1ccc(OC(C)C)c(C#N)c1)c1cccc2c1CCCC2NCc1ncc[nH]1. The van der Waals surface area contributed by atoms with Crippen molar-refractivity contribution in [3.05, 3.63) is 89.0 Å². The molecule has 1 atom stereocenters. The van der Waals surface area contributed by atoms with Crippen molar-refractivity contribution >= 4 is 21.7 Å². The van der Waals surface area contributed by atoms with Crippen molar-refractivity contribution in [1.29, 1.82) is 5.26 Å². The maximum atomic E-state index is 9.63. The number of ether oxygens (including phenoxy) is 1. The van der Waals surface area contributed by atoms with Gasteiger partial charge < -0.3 is 15.0 Å². The molecule has 0 saturated heterocycles. The molecule has 0 spiro atoms. The molecule has 1 unspecified atom stereocenters. The molecule has 1 aromatic heterocycles. The average Bonchev–Trinajstić information content (AvgIpc) is 3.39. The number of aromatic amines is 1. The first-order valence-electron chi connectivity index (χ1n) is 11.9. The zero-order valence-corrected chi connectivity index (χ0v) is 21.3. The Morgan fingerprint density at radius 1 is 1.37 bits per heavy atom. The first-order valence-corrected chi connectivity index (χ1v) is 12.7. The number of hydrogen-bond acceptors (Lipinski definition) is 6. The molecule has 0 aliphatic heterocycles. The van der Waals surface area contributed by atoms with Crippen LogP contribution in [0, 0.1) is 11.3 Å². The number of imidazole rings is 1. The van der Waals surface area contributed by atoms with Crippen molar-refractivity contribution in [2.75, 3.05) is 7.05 Å². The molecule has 0 bridgehead atoms. The van der Waals surface area contributed by atoms with Crippen LogP contribution in [-0.2, 0) is 13.0 Å². The second-order valence-corrected chi connectivity index (χ2v) is 9.86. The Bertz CT molecular complexity index is 1260. The Morgan fingerprint density at radius 2 is 2.23 bits per heavy atom. The van der Waals surface area contributed by atoms with Gasteiger partial charge in [0.2, 0.25) is 0 Å². The fraction of sp³-hybridized carbons (Fsp3) is 0.321. The van der Waals surface area contributed by atoms with Crippen LogP contribution >= 0.6 is 11.8 Å². The van der Waals surface area contributed by atoms with E-state index in [0.29, 0.717) is 17.9 Å². The second kappa shape index (κ2) is 11.4. The van der Waals surface area contributed by atoms with E-state index in [-0.39, 0.29) is 12.1 Å². The van der Waals surface area contributed by atoms with Gasteiger partial charge in [-0.1, -0.05) is 36.5 Å². The third-order valence-corrected chi connectivity index (χ3v) is 7.09. The van der Waals surface area contributed by atoms with Crippen LogP contribution in [0.25, 0.3) is 4.91 Å². The summed E-state index contributed by atoms with van der Waals surface area (Å²) in [6, 6.07) is 14.7.